The molecule has 0 radical (unpaired) electrons. The predicted molar refractivity (Wildman–Crippen MR) is 83.5 cm³/mol. The Hall–Kier alpha value is -0.330. The van der Waals surface area contributed by atoms with E-state index in [2.05, 4.69) is 6.92 Å². The monoisotopic (exact) mass is 276 g/mol. The Kier molecular flexibility index (Phi) is 4.83. The summed E-state index contributed by atoms with van der Waals surface area (Å²) >= 11 is 0. The van der Waals surface area contributed by atoms with Crippen LogP contribution < -0.4 is 0 Å². The van der Waals surface area contributed by atoms with Gasteiger partial charge in [-0.15, -0.1) is 0 Å². The van der Waals surface area contributed by atoms with Crippen molar-refractivity contribution in [3.05, 3.63) is 0 Å². The molecule has 0 aromatic rings. The number of carbonyl (C=O) groups is 1. The maximum absolute atomic E-state index is 10.8. The van der Waals surface area contributed by atoms with E-state index in [0.717, 1.165) is 48.2 Å². The van der Waals surface area contributed by atoms with Gasteiger partial charge in [-0.1, -0.05) is 26.2 Å². The Morgan fingerprint density at radius 2 is 1.45 bits per heavy atom. The highest BCUT2D eigenvalue weighted by atomic mass is 16.1. The Balaban J connectivity index is 1.59. The third-order valence-corrected chi connectivity index (χ3v) is 6.88. The molecule has 3 aliphatic carbocycles. The summed E-state index contributed by atoms with van der Waals surface area (Å²) in [5, 5.41) is 0. The van der Waals surface area contributed by atoms with Crippen LogP contribution in [0.15, 0.2) is 0 Å². The second-order valence-corrected chi connectivity index (χ2v) is 7.97. The third kappa shape index (κ3) is 2.97. The number of carbonyl (C=O) groups excluding carboxylic acids is 1. The quantitative estimate of drug-likeness (QED) is 0.642. The molecule has 0 bridgehead atoms. The maximum atomic E-state index is 10.8. The van der Waals surface area contributed by atoms with Crippen molar-refractivity contribution in [2.45, 2.75) is 77.6 Å². The van der Waals surface area contributed by atoms with E-state index in [1.165, 1.54) is 57.8 Å². The molecular formula is C19H32O. The number of hydrogen-bond donors (Lipinski definition) is 0. The van der Waals surface area contributed by atoms with E-state index in [1.54, 1.807) is 6.42 Å². The molecule has 3 fully saturated rings. The molecule has 2 unspecified atom stereocenters. The summed E-state index contributed by atoms with van der Waals surface area (Å²) in [4.78, 5) is 10.8. The highest BCUT2D eigenvalue weighted by Crippen LogP contribution is 2.53. The first-order chi connectivity index (χ1) is 9.81. The van der Waals surface area contributed by atoms with Crippen LogP contribution in [0.1, 0.15) is 77.6 Å². The van der Waals surface area contributed by atoms with Gasteiger partial charge in [0.25, 0.3) is 0 Å². The van der Waals surface area contributed by atoms with Gasteiger partial charge in [-0.25, -0.2) is 0 Å². The lowest BCUT2D eigenvalue weighted by molar-refractivity contribution is -0.109. The van der Waals surface area contributed by atoms with E-state index in [-0.39, 0.29) is 0 Å². The Labute approximate surface area is 124 Å². The summed E-state index contributed by atoms with van der Waals surface area (Å²) in [5.74, 6) is 5.88. The molecule has 0 amide bonds. The second-order valence-electron chi connectivity index (χ2n) is 7.97. The first kappa shape index (κ1) is 14.6. The highest BCUT2D eigenvalue weighted by Gasteiger charge is 2.44. The van der Waals surface area contributed by atoms with Gasteiger partial charge in [-0.3, -0.25) is 0 Å². The van der Waals surface area contributed by atoms with Crippen LogP contribution in [0.2, 0.25) is 0 Å². The van der Waals surface area contributed by atoms with Crippen molar-refractivity contribution in [2.75, 3.05) is 0 Å². The topological polar surface area (TPSA) is 17.1 Å². The highest BCUT2D eigenvalue weighted by molar-refractivity contribution is 5.49. The van der Waals surface area contributed by atoms with Gasteiger partial charge in [0.2, 0.25) is 0 Å². The van der Waals surface area contributed by atoms with Crippen molar-refractivity contribution in [2.24, 2.45) is 35.5 Å². The fraction of sp³-hybridized carbons (Fsp3) is 0.947. The number of fused-ring (bicyclic) bond motifs is 3. The lowest BCUT2D eigenvalue weighted by Crippen LogP contribution is -2.41. The van der Waals surface area contributed by atoms with Gasteiger partial charge in [0.15, 0.2) is 0 Å². The molecule has 0 saturated heterocycles. The zero-order valence-corrected chi connectivity index (χ0v) is 13.2. The molecule has 0 heterocycles. The predicted octanol–water partition coefficient (Wildman–Crippen LogP) is 5.23. The molecule has 1 nitrogen and oxygen atoms in total. The van der Waals surface area contributed by atoms with Crippen molar-refractivity contribution in [1.29, 1.82) is 0 Å². The average Bonchev–Trinajstić information content (AvgIpc) is 2.47. The molecule has 0 spiro atoms. The minimum atomic E-state index is 0.724. The molecule has 3 aliphatic rings. The molecule has 0 N–H and O–H groups in total. The first-order valence-corrected chi connectivity index (χ1v) is 9.25. The average molecular weight is 276 g/mol. The Bertz CT molecular complexity index is 324. The molecule has 114 valence electrons. The van der Waals surface area contributed by atoms with Crippen molar-refractivity contribution in [1.82, 2.24) is 0 Å². The van der Waals surface area contributed by atoms with Crippen LogP contribution in [-0.2, 0) is 4.79 Å². The Morgan fingerprint density at radius 3 is 2.05 bits per heavy atom. The van der Waals surface area contributed by atoms with Crippen LogP contribution in [0, 0.1) is 35.5 Å². The van der Waals surface area contributed by atoms with Crippen LogP contribution in [0.4, 0.5) is 0 Å². The molecule has 0 aromatic carbocycles. The van der Waals surface area contributed by atoms with E-state index < -0.39 is 0 Å². The van der Waals surface area contributed by atoms with Gasteiger partial charge in [0.05, 0.1) is 0 Å². The lowest BCUT2D eigenvalue weighted by Gasteiger charge is -2.50. The van der Waals surface area contributed by atoms with Gasteiger partial charge in [0.1, 0.15) is 6.29 Å². The molecule has 0 aromatic heterocycles. The van der Waals surface area contributed by atoms with Crippen molar-refractivity contribution in [3.8, 4) is 0 Å². The van der Waals surface area contributed by atoms with Gasteiger partial charge in [-0.05, 0) is 80.5 Å². The van der Waals surface area contributed by atoms with Crippen LogP contribution in [0.3, 0.4) is 0 Å². The van der Waals surface area contributed by atoms with Gasteiger partial charge in [-0.2, -0.15) is 0 Å². The molecule has 3 saturated carbocycles. The SMILES string of the molecule is CCCC1CC[C@H]2[C@@H](CC[C@@H]3CC(CC=O)CC[C@H]32)C1. The van der Waals surface area contributed by atoms with Crippen molar-refractivity contribution < 1.29 is 4.79 Å². The maximum Gasteiger partial charge on any atom is 0.120 e. The zero-order valence-electron chi connectivity index (χ0n) is 13.2. The fourth-order valence-electron chi connectivity index (χ4n) is 6.01. The normalized spacial score (nSPS) is 44.5. The second kappa shape index (κ2) is 6.62. The molecule has 20 heavy (non-hydrogen) atoms. The number of aldehydes is 1. The van der Waals surface area contributed by atoms with E-state index in [1.807, 2.05) is 0 Å². The Morgan fingerprint density at radius 1 is 0.850 bits per heavy atom. The van der Waals surface area contributed by atoms with Crippen molar-refractivity contribution >= 4 is 6.29 Å². The molecule has 0 aliphatic heterocycles. The zero-order chi connectivity index (χ0) is 13.9. The van der Waals surface area contributed by atoms with Crippen LogP contribution in [0.5, 0.6) is 0 Å². The molecule has 1 heteroatoms. The van der Waals surface area contributed by atoms with Crippen LogP contribution in [0.25, 0.3) is 0 Å². The standard InChI is InChI=1S/C19H32O/c1-2-3-14-4-8-18-16(12-14)6-7-17-13-15(10-11-20)5-9-19(17)18/h11,14-19H,2-10,12-13H2,1H3/t14?,15?,16-,17+,18-,19+/m0/s1. The van der Waals surface area contributed by atoms with Gasteiger partial charge < -0.3 is 4.79 Å². The summed E-state index contributed by atoms with van der Waals surface area (Å²) in [7, 11) is 0. The van der Waals surface area contributed by atoms with Crippen LogP contribution >= 0.6 is 0 Å². The minimum absolute atomic E-state index is 0.724. The number of rotatable bonds is 4. The third-order valence-electron chi connectivity index (χ3n) is 6.88. The fourth-order valence-corrected chi connectivity index (χ4v) is 6.01. The van der Waals surface area contributed by atoms with E-state index in [4.69, 9.17) is 0 Å². The van der Waals surface area contributed by atoms with E-state index >= 15 is 0 Å². The summed E-state index contributed by atoms with van der Waals surface area (Å²) in [6.07, 6.45) is 16.5. The van der Waals surface area contributed by atoms with Gasteiger partial charge >= 0.3 is 0 Å². The lowest BCUT2D eigenvalue weighted by atomic mass is 9.55. The largest absolute Gasteiger partial charge is 0.303 e. The van der Waals surface area contributed by atoms with Gasteiger partial charge in [0, 0.05) is 6.42 Å². The smallest absolute Gasteiger partial charge is 0.120 e. The minimum Gasteiger partial charge on any atom is -0.303 e. The molecular weight excluding hydrogens is 244 g/mol. The van der Waals surface area contributed by atoms with Crippen molar-refractivity contribution in [3.63, 3.8) is 0 Å². The summed E-state index contributed by atoms with van der Waals surface area (Å²) < 4.78 is 0. The molecule has 3 rings (SSSR count). The number of hydrogen-bond acceptors (Lipinski definition) is 1. The van der Waals surface area contributed by atoms with E-state index in [0.29, 0.717) is 0 Å². The van der Waals surface area contributed by atoms with E-state index in [9.17, 15) is 4.79 Å². The van der Waals surface area contributed by atoms with Crippen LogP contribution in [-0.4, -0.2) is 6.29 Å². The summed E-state index contributed by atoms with van der Waals surface area (Å²) in [6.45, 7) is 2.34. The summed E-state index contributed by atoms with van der Waals surface area (Å²) in [6, 6.07) is 0. The molecule has 6 atom stereocenters. The first-order valence-electron chi connectivity index (χ1n) is 9.25. The summed E-state index contributed by atoms with van der Waals surface area (Å²) in [5.41, 5.74) is 0.